The van der Waals surface area contributed by atoms with E-state index in [0.29, 0.717) is 12.6 Å². The van der Waals surface area contributed by atoms with Gasteiger partial charge in [-0.2, -0.15) is 0 Å². The predicted molar refractivity (Wildman–Crippen MR) is 57.3 cm³/mol. The number of fused-ring (bicyclic) bond motifs is 1. The first-order valence-electron chi connectivity index (χ1n) is 5.14. The summed E-state index contributed by atoms with van der Waals surface area (Å²) in [5.74, 6) is 0. The molecule has 2 fully saturated rings. The standard InChI is InChI=1S/C6H10BNO2.C4H8/c7-6-9-3-4-5(10-6)1-2-8-4;1-3-4-2/h4-6,8H,1-3H2;3H,1,4H2,2H3. The van der Waals surface area contributed by atoms with Gasteiger partial charge in [-0.05, 0) is 19.4 Å². The highest BCUT2D eigenvalue weighted by Gasteiger charge is 2.32. The van der Waals surface area contributed by atoms with Gasteiger partial charge < -0.3 is 14.8 Å². The molecule has 2 aliphatic rings. The van der Waals surface area contributed by atoms with Crippen molar-refractivity contribution in [1.82, 2.24) is 5.32 Å². The van der Waals surface area contributed by atoms with Gasteiger partial charge in [0.1, 0.15) is 14.0 Å². The molecule has 2 radical (unpaired) electrons. The minimum Gasteiger partial charge on any atom is -0.360 e. The molecule has 1 N–H and O–H groups in total. The van der Waals surface area contributed by atoms with E-state index < -0.39 is 6.19 Å². The van der Waals surface area contributed by atoms with Crippen molar-refractivity contribution in [3.63, 3.8) is 0 Å². The molecule has 0 bridgehead atoms. The van der Waals surface area contributed by atoms with Gasteiger partial charge in [-0.1, -0.05) is 13.0 Å². The van der Waals surface area contributed by atoms with E-state index in [9.17, 15) is 0 Å². The van der Waals surface area contributed by atoms with Crippen molar-refractivity contribution in [3.05, 3.63) is 12.7 Å². The zero-order valence-electron chi connectivity index (χ0n) is 8.74. The number of nitrogens with one attached hydrogen (secondary N) is 1. The van der Waals surface area contributed by atoms with Crippen molar-refractivity contribution in [2.45, 2.75) is 38.1 Å². The first-order chi connectivity index (χ1) is 6.77. The number of allylic oxidation sites excluding steroid dienone is 1. The van der Waals surface area contributed by atoms with E-state index in [1.165, 1.54) is 0 Å². The highest BCUT2D eigenvalue weighted by Crippen LogP contribution is 2.18. The topological polar surface area (TPSA) is 30.5 Å². The molecule has 0 aromatic carbocycles. The lowest BCUT2D eigenvalue weighted by molar-refractivity contribution is -0.172. The molecular formula is C10H18BNO2. The van der Waals surface area contributed by atoms with Crippen LogP contribution in [0.1, 0.15) is 19.8 Å². The number of hydrogen-bond donors (Lipinski definition) is 1. The summed E-state index contributed by atoms with van der Waals surface area (Å²) >= 11 is 0. The Balaban J connectivity index is 0.000000213. The largest absolute Gasteiger partial charge is 0.360 e. The maximum absolute atomic E-state index is 5.42. The van der Waals surface area contributed by atoms with Crippen LogP contribution in [0.2, 0.25) is 0 Å². The maximum Gasteiger partial charge on any atom is 0.149 e. The molecule has 0 saturated carbocycles. The number of ether oxygens (including phenoxy) is 2. The van der Waals surface area contributed by atoms with Gasteiger partial charge in [0.2, 0.25) is 0 Å². The third kappa shape index (κ3) is 3.44. The van der Waals surface area contributed by atoms with Gasteiger partial charge in [0.25, 0.3) is 0 Å². The molecule has 0 aromatic heterocycles. The summed E-state index contributed by atoms with van der Waals surface area (Å²) in [5, 5.41) is 3.27. The summed E-state index contributed by atoms with van der Waals surface area (Å²) in [7, 11) is 5.42. The number of rotatable bonds is 1. The van der Waals surface area contributed by atoms with E-state index in [-0.39, 0.29) is 6.10 Å². The van der Waals surface area contributed by atoms with E-state index in [2.05, 4.69) is 18.8 Å². The first kappa shape index (κ1) is 11.8. The molecule has 4 heteroatoms. The van der Waals surface area contributed by atoms with Gasteiger partial charge in [-0.25, -0.2) is 0 Å². The second-order valence-electron chi connectivity index (χ2n) is 3.42. The Hall–Kier alpha value is -0.315. The van der Waals surface area contributed by atoms with Crippen LogP contribution in [0.15, 0.2) is 12.7 Å². The van der Waals surface area contributed by atoms with Crippen molar-refractivity contribution >= 4 is 7.85 Å². The summed E-state index contributed by atoms with van der Waals surface area (Å²) in [4.78, 5) is 0. The highest BCUT2D eigenvalue weighted by molar-refractivity contribution is 6.10. The molecule has 2 aliphatic heterocycles. The fourth-order valence-corrected chi connectivity index (χ4v) is 1.48. The van der Waals surface area contributed by atoms with Crippen LogP contribution in [0.25, 0.3) is 0 Å². The predicted octanol–water partition coefficient (Wildman–Crippen LogP) is 0.798. The maximum atomic E-state index is 5.42. The highest BCUT2D eigenvalue weighted by atomic mass is 16.7. The van der Waals surface area contributed by atoms with Crippen LogP contribution in [0.4, 0.5) is 0 Å². The zero-order valence-corrected chi connectivity index (χ0v) is 8.74. The molecule has 2 saturated heterocycles. The minimum atomic E-state index is -0.499. The Morgan fingerprint density at radius 3 is 3.00 bits per heavy atom. The third-order valence-electron chi connectivity index (χ3n) is 2.32. The Bertz CT molecular complexity index is 178. The van der Waals surface area contributed by atoms with Crippen molar-refractivity contribution in [2.75, 3.05) is 13.2 Å². The average Bonchev–Trinajstić information content (AvgIpc) is 2.65. The van der Waals surface area contributed by atoms with Crippen LogP contribution in [-0.2, 0) is 9.47 Å². The summed E-state index contributed by atoms with van der Waals surface area (Å²) in [5.41, 5.74) is 0. The Morgan fingerprint density at radius 1 is 1.64 bits per heavy atom. The summed E-state index contributed by atoms with van der Waals surface area (Å²) in [6, 6.07) is 0.375. The molecule has 3 atom stereocenters. The Morgan fingerprint density at radius 2 is 2.36 bits per heavy atom. The quantitative estimate of drug-likeness (QED) is 0.495. The first-order valence-corrected chi connectivity index (χ1v) is 5.14. The molecule has 14 heavy (non-hydrogen) atoms. The molecular weight excluding hydrogens is 177 g/mol. The smallest absolute Gasteiger partial charge is 0.149 e. The number of hydrogen-bond acceptors (Lipinski definition) is 3. The van der Waals surface area contributed by atoms with E-state index in [1.54, 1.807) is 0 Å². The monoisotopic (exact) mass is 195 g/mol. The molecule has 3 nitrogen and oxygen atoms in total. The van der Waals surface area contributed by atoms with Crippen LogP contribution in [-0.4, -0.2) is 39.3 Å². The summed E-state index contributed by atoms with van der Waals surface area (Å²) in [6.45, 7) is 7.25. The molecule has 2 heterocycles. The summed E-state index contributed by atoms with van der Waals surface area (Å²) in [6.07, 6.45) is 3.80. The molecule has 2 rings (SSSR count). The molecule has 0 aromatic rings. The second kappa shape index (κ2) is 6.22. The van der Waals surface area contributed by atoms with Gasteiger partial charge in [0.05, 0.1) is 18.8 Å². The normalized spacial score (nSPS) is 35.4. The van der Waals surface area contributed by atoms with Crippen LogP contribution in [0, 0.1) is 0 Å². The average molecular weight is 195 g/mol. The molecule has 78 valence electrons. The van der Waals surface area contributed by atoms with Crippen molar-refractivity contribution < 1.29 is 9.47 Å². The molecule has 0 amide bonds. The lowest BCUT2D eigenvalue weighted by Gasteiger charge is -2.30. The van der Waals surface area contributed by atoms with E-state index in [4.69, 9.17) is 17.3 Å². The molecule has 3 unspecified atom stereocenters. The van der Waals surface area contributed by atoms with Crippen molar-refractivity contribution in [1.29, 1.82) is 0 Å². The Labute approximate surface area is 87.3 Å². The Kier molecular flexibility index (Phi) is 5.23. The molecule has 0 spiro atoms. The lowest BCUT2D eigenvalue weighted by atomic mass is 10.1. The second-order valence-corrected chi connectivity index (χ2v) is 3.42. The molecule has 0 aliphatic carbocycles. The van der Waals surface area contributed by atoms with Crippen LogP contribution < -0.4 is 5.32 Å². The van der Waals surface area contributed by atoms with Gasteiger partial charge >= 0.3 is 0 Å². The zero-order chi connectivity index (χ0) is 10.4. The van der Waals surface area contributed by atoms with Crippen molar-refractivity contribution in [2.24, 2.45) is 0 Å². The van der Waals surface area contributed by atoms with Gasteiger partial charge in [-0.15, -0.1) is 6.58 Å². The van der Waals surface area contributed by atoms with E-state index >= 15 is 0 Å². The van der Waals surface area contributed by atoms with Crippen LogP contribution in [0.5, 0.6) is 0 Å². The third-order valence-corrected chi connectivity index (χ3v) is 2.32. The fourth-order valence-electron chi connectivity index (χ4n) is 1.48. The van der Waals surface area contributed by atoms with Crippen molar-refractivity contribution in [3.8, 4) is 0 Å². The van der Waals surface area contributed by atoms with Crippen LogP contribution >= 0.6 is 0 Å². The van der Waals surface area contributed by atoms with Gasteiger partial charge in [0.15, 0.2) is 0 Å². The van der Waals surface area contributed by atoms with Gasteiger partial charge in [-0.3, -0.25) is 0 Å². The lowest BCUT2D eigenvalue weighted by Crippen LogP contribution is -2.45. The van der Waals surface area contributed by atoms with Gasteiger partial charge in [0, 0.05) is 0 Å². The minimum absolute atomic E-state index is 0.281. The summed E-state index contributed by atoms with van der Waals surface area (Å²) < 4.78 is 10.4. The fraction of sp³-hybridized carbons (Fsp3) is 0.800. The SMILES string of the molecule is C=CCC.[B]C1OCC2NCCC2O1. The van der Waals surface area contributed by atoms with E-state index in [0.717, 1.165) is 19.4 Å². The van der Waals surface area contributed by atoms with E-state index in [1.807, 2.05) is 6.08 Å². The van der Waals surface area contributed by atoms with Crippen LogP contribution in [0.3, 0.4) is 0 Å².